The van der Waals surface area contributed by atoms with Gasteiger partial charge in [0, 0.05) is 19.1 Å². The Morgan fingerprint density at radius 3 is 2.27 bits per heavy atom. The van der Waals surface area contributed by atoms with E-state index in [9.17, 15) is 12.8 Å². The van der Waals surface area contributed by atoms with E-state index in [1.165, 1.54) is 62.8 Å². The van der Waals surface area contributed by atoms with Crippen LogP contribution in [0.3, 0.4) is 0 Å². The first kappa shape index (κ1) is 17.4. The highest BCUT2D eigenvalue weighted by Crippen LogP contribution is 2.16. The molecule has 22 heavy (non-hydrogen) atoms. The lowest BCUT2D eigenvalue weighted by Gasteiger charge is -2.16. The Morgan fingerprint density at radius 2 is 1.64 bits per heavy atom. The quantitative estimate of drug-likeness (QED) is 0.597. The van der Waals surface area contributed by atoms with Crippen molar-refractivity contribution in [1.82, 2.24) is 10.0 Å². The Bertz CT molecular complexity index is 538. The van der Waals surface area contributed by atoms with Gasteiger partial charge < -0.3 is 5.32 Å². The van der Waals surface area contributed by atoms with Gasteiger partial charge in [-0.1, -0.05) is 37.8 Å². The van der Waals surface area contributed by atoms with E-state index in [0.717, 1.165) is 0 Å². The Labute approximate surface area is 132 Å². The van der Waals surface area contributed by atoms with Crippen molar-refractivity contribution in [3.63, 3.8) is 0 Å². The fourth-order valence-corrected chi connectivity index (χ4v) is 3.96. The van der Waals surface area contributed by atoms with Crippen LogP contribution >= 0.6 is 0 Å². The molecule has 1 aliphatic rings. The van der Waals surface area contributed by atoms with Crippen molar-refractivity contribution >= 4 is 10.0 Å². The summed E-state index contributed by atoms with van der Waals surface area (Å²) in [5, 5.41) is 3.43. The molecule has 1 aromatic carbocycles. The van der Waals surface area contributed by atoms with E-state index >= 15 is 0 Å². The summed E-state index contributed by atoms with van der Waals surface area (Å²) in [5.74, 6) is -0.474. The predicted molar refractivity (Wildman–Crippen MR) is 86.5 cm³/mol. The lowest BCUT2D eigenvalue weighted by atomic mass is 10.1. The minimum absolute atomic E-state index is 0.114. The molecule has 0 aromatic heterocycles. The SMILES string of the molecule is O=S(=O)(Cc1ccc(F)cc1)NCCNC1CCCCCC1. The van der Waals surface area contributed by atoms with E-state index in [0.29, 0.717) is 24.7 Å². The molecule has 1 fully saturated rings. The van der Waals surface area contributed by atoms with E-state index in [-0.39, 0.29) is 11.6 Å². The van der Waals surface area contributed by atoms with Gasteiger partial charge in [-0.2, -0.15) is 0 Å². The van der Waals surface area contributed by atoms with Gasteiger partial charge in [0.1, 0.15) is 5.82 Å². The van der Waals surface area contributed by atoms with Crippen LogP contribution in [0.5, 0.6) is 0 Å². The molecule has 4 nitrogen and oxygen atoms in total. The third-order valence-corrected chi connectivity index (χ3v) is 5.36. The van der Waals surface area contributed by atoms with Crippen LogP contribution in [-0.2, 0) is 15.8 Å². The molecular formula is C16H25FN2O2S. The van der Waals surface area contributed by atoms with Gasteiger partial charge in [-0.15, -0.1) is 0 Å². The summed E-state index contributed by atoms with van der Waals surface area (Å²) in [6, 6.07) is 6.07. The fraction of sp³-hybridized carbons (Fsp3) is 0.625. The van der Waals surface area contributed by atoms with Crippen molar-refractivity contribution < 1.29 is 12.8 Å². The predicted octanol–water partition coefficient (Wildman–Crippen LogP) is 2.56. The number of hydrogen-bond donors (Lipinski definition) is 2. The zero-order chi connectivity index (χ0) is 15.8. The second-order valence-electron chi connectivity index (χ2n) is 5.92. The Hall–Kier alpha value is -0.980. The standard InChI is InChI=1S/C16H25FN2O2S/c17-15-9-7-14(8-10-15)13-22(20,21)19-12-11-18-16-5-3-1-2-4-6-16/h7-10,16,18-19H,1-6,11-13H2. The summed E-state index contributed by atoms with van der Waals surface area (Å²) < 4.78 is 39.3. The Balaban J connectivity index is 1.69. The van der Waals surface area contributed by atoms with Crippen molar-refractivity contribution in [3.05, 3.63) is 35.6 Å². The minimum Gasteiger partial charge on any atom is -0.313 e. The van der Waals surface area contributed by atoms with Crippen molar-refractivity contribution in [2.24, 2.45) is 0 Å². The van der Waals surface area contributed by atoms with E-state index < -0.39 is 10.0 Å². The first-order valence-electron chi connectivity index (χ1n) is 8.00. The average molecular weight is 328 g/mol. The number of sulfonamides is 1. The third-order valence-electron chi connectivity index (χ3n) is 4.01. The average Bonchev–Trinajstić information content (AvgIpc) is 2.75. The van der Waals surface area contributed by atoms with Gasteiger partial charge >= 0.3 is 0 Å². The maximum absolute atomic E-state index is 12.8. The number of halogens is 1. The highest BCUT2D eigenvalue weighted by Gasteiger charge is 2.13. The number of nitrogens with one attached hydrogen (secondary N) is 2. The number of benzene rings is 1. The monoisotopic (exact) mass is 328 g/mol. The van der Waals surface area contributed by atoms with Crippen molar-refractivity contribution in [1.29, 1.82) is 0 Å². The van der Waals surface area contributed by atoms with Crippen LogP contribution in [0, 0.1) is 5.82 Å². The molecule has 0 amide bonds. The summed E-state index contributed by atoms with van der Waals surface area (Å²) >= 11 is 0. The van der Waals surface area contributed by atoms with Gasteiger partial charge in [-0.3, -0.25) is 0 Å². The highest BCUT2D eigenvalue weighted by atomic mass is 32.2. The molecule has 0 saturated heterocycles. The van der Waals surface area contributed by atoms with Crippen LogP contribution in [0.15, 0.2) is 24.3 Å². The number of rotatable bonds is 7. The lowest BCUT2D eigenvalue weighted by Crippen LogP contribution is -2.37. The van der Waals surface area contributed by atoms with Gasteiger partial charge in [-0.05, 0) is 30.5 Å². The van der Waals surface area contributed by atoms with Crippen LogP contribution in [-0.4, -0.2) is 27.5 Å². The van der Waals surface area contributed by atoms with Crippen LogP contribution in [0.25, 0.3) is 0 Å². The van der Waals surface area contributed by atoms with E-state index in [2.05, 4.69) is 10.0 Å². The Kier molecular flexibility index (Phi) is 6.79. The van der Waals surface area contributed by atoms with Gasteiger partial charge in [0.05, 0.1) is 5.75 Å². The largest absolute Gasteiger partial charge is 0.313 e. The van der Waals surface area contributed by atoms with E-state index in [1.54, 1.807) is 0 Å². The summed E-state index contributed by atoms with van der Waals surface area (Å²) in [6.45, 7) is 1.04. The molecule has 2 N–H and O–H groups in total. The smallest absolute Gasteiger partial charge is 0.215 e. The highest BCUT2D eigenvalue weighted by molar-refractivity contribution is 7.88. The third kappa shape index (κ3) is 6.42. The van der Waals surface area contributed by atoms with Crippen molar-refractivity contribution in [2.75, 3.05) is 13.1 Å². The molecule has 1 aromatic rings. The molecule has 0 aliphatic heterocycles. The summed E-state index contributed by atoms with van der Waals surface area (Å²) in [6.07, 6.45) is 7.50. The normalized spacial score (nSPS) is 17.3. The molecule has 124 valence electrons. The summed E-state index contributed by atoms with van der Waals surface area (Å²) in [5.41, 5.74) is 0.589. The zero-order valence-electron chi connectivity index (χ0n) is 12.9. The summed E-state index contributed by atoms with van der Waals surface area (Å²) in [4.78, 5) is 0. The molecule has 0 bridgehead atoms. The van der Waals surface area contributed by atoms with Gasteiger partial charge in [0.2, 0.25) is 10.0 Å². The molecule has 1 aliphatic carbocycles. The topological polar surface area (TPSA) is 58.2 Å². The first-order chi connectivity index (χ1) is 10.6. The molecule has 0 radical (unpaired) electrons. The maximum atomic E-state index is 12.8. The maximum Gasteiger partial charge on any atom is 0.215 e. The minimum atomic E-state index is -3.37. The van der Waals surface area contributed by atoms with Gasteiger partial charge in [0.25, 0.3) is 0 Å². The molecule has 0 heterocycles. The van der Waals surface area contributed by atoms with Gasteiger partial charge in [0.15, 0.2) is 0 Å². The molecule has 0 atom stereocenters. The fourth-order valence-electron chi connectivity index (χ4n) is 2.82. The van der Waals surface area contributed by atoms with Gasteiger partial charge in [-0.25, -0.2) is 17.5 Å². The van der Waals surface area contributed by atoms with E-state index in [1.807, 2.05) is 0 Å². The van der Waals surface area contributed by atoms with Crippen LogP contribution in [0.4, 0.5) is 4.39 Å². The lowest BCUT2D eigenvalue weighted by molar-refractivity contribution is 0.461. The van der Waals surface area contributed by atoms with Crippen LogP contribution in [0.2, 0.25) is 0 Å². The molecular weight excluding hydrogens is 303 g/mol. The van der Waals surface area contributed by atoms with Crippen molar-refractivity contribution in [3.8, 4) is 0 Å². The molecule has 2 rings (SSSR count). The second-order valence-corrected chi connectivity index (χ2v) is 7.73. The number of hydrogen-bond acceptors (Lipinski definition) is 3. The zero-order valence-corrected chi connectivity index (χ0v) is 13.7. The van der Waals surface area contributed by atoms with E-state index in [4.69, 9.17) is 0 Å². The first-order valence-corrected chi connectivity index (χ1v) is 9.65. The van der Waals surface area contributed by atoms with Crippen molar-refractivity contribution in [2.45, 2.75) is 50.3 Å². The molecule has 0 unspecified atom stereocenters. The molecule has 1 saturated carbocycles. The molecule has 6 heteroatoms. The van der Waals surface area contributed by atoms with Crippen LogP contribution in [0.1, 0.15) is 44.1 Å². The van der Waals surface area contributed by atoms with Crippen LogP contribution < -0.4 is 10.0 Å². The Morgan fingerprint density at radius 1 is 1.00 bits per heavy atom. The summed E-state index contributed by atoms with van der Waals surface area (Å²) in [7, 11) is -3.37. The second kappa shape index (κ2) is 8.60. The molecule has 0 spiro atoms.